The van der Waals surface area contributed by atoms with Crippen molar-refractivity contribution < 1.29 is 4.74 Å². The van der Waals surface area contributed by atoms with Gasteiger partial charge in [0.15, 0.2) is 0 Å². The van der Waals surface area contributed by atoms with Crippen LogP contribution in [0.15, 0.2) is 18.2 Å². The molecule has 2 heteroatoms. The van der Waals surface area contributed by atoms with Crippen LogP contribution < -0.4 is 4.74 Å². The second kappa shape index (κ2) is 3.81. The van der Waals surface area contributed by atoms with Gasteiger partial charge < -0.3 is 4.74 Å². The first kappa shape index (κ1) is 7.85. The maximum atomic E-state index is 5.30. The minimum Gasteiger partial charge on any atom is -0.493 e. The Kier molecular flexibility index (Phi) is 2.99. The van der Waals surface area contributed by atoms with E-state index in [4.69, 9.17) is 4.74 Å². The van der Waals surface area contributed by atoms with Crippen molar-refractivity contribution in [1.82, 2.24) is 0 Å². The number of benzene rings is 1. The van der Waals surface area contributed by atoms with Gasteiger partial charge in [-0.1, -0.05) is 12.1 Å². The van der Waals surface area contributed by atoms with Crippen molar-refractivity contribution in [2.24, 2.45) is 0 Å². The molecule has 0 fully saturated rings. The Morgan fingerprint density at radius 1 is 1.70 bits per heavy atom. The SMILES string of the molecule is CCOc1ccc[c]c1I. The Labute approximate surface area is 74.5 Å². The average Bonchev–Trinajstić information content (AvgIpc) is 1.94. The minimum atomic E-state index is 0.716. The fourth-order valence-electron chi connectivity index (χ4n) is 0.668. The van der Waals surface area contributed by atoms with Crippen molar-refractivity contribution in [2.45, 2.75) is 6.92 Å². The van der Waals surface area contributed by atoms with Crippen LogP contribution in [0.1, 0.15) is 6.92 Å². The van der Waals surface area contributed by atoms with Gasteiger partial charge in [0, 0.05) is 0 Å². The van der Waals surface area contributed by atoms with Crippen LogP contribution in [0.4, 0.5) is 0 Å². The van der Waals surface area contributed by atoms with Gasteiger partial charge in [0.25, 0.3) is 0 Å². The molecule has 1 nitrogen and oxygen atoms in total. The molecular formula is C8H8IO. The molecule has 10 heavy (non-hydrogen) atoms. The van der Waals surface area contributed by atoms with Crippen LogP contribution in [-0.4, -0.2) is 6.61 Å². The maximum Gasteiger partial charge on any atom is 0.133 e. The molecule has 1 aromatic rings. The Balaban J connectivity index is 2.81. The van der Waals surface area contributed by atoms with Crippen molar-refractivity contribution in [2.75, 3.05) is 6.61 Å². The fraction of sp³-hybridized carbons (Fsp3) is 0.250. The highest BCUT2D eigenvalue weighted by Crippen LogP contribution is 2.18. The Morgan fingerprint density at radius 3 is 3.10 bits per heavy atom. The van der Waals surface area contributed by atoms with Crippen molar-refractivity contribution in [3.63, 3.8) is 0 Å². The third-order valence-corrected chi connectivity index (χ3v) is 1.91. The summed E-state index contributed by atoms with van der Waals surface area (Å²) in [4.78, 5) is 0. The minimum absolute atomic E-state index is 0.716. The summed E-state index contributed by atoms with van der Waals surface area (Å²) in [6.45, 7) is 2.69. The largest absolute Gasteiger partial charge is 0.493 e. The van der Waals surface area contributed by atoms with Gasteiger partial charge in [0.05, 0.1) is 10.2 Å². The highest BCUT2D eigenvalue weighted by Gasteiger charge is 1.95. The monoisotopic (exact) mass is 247 g/mol. The second-order valence-electron chi connectivity index (χ2n) is 1.78. The molecule has 0 aliphatic rings. The Hall–Kier alpha value is -0.250. The van der Waals surface area contributed by atoms with E-state index >= 15 is 0 Å². The first-order chi connectivity index (χ1) is 4.84. The van der Waals surface area contributed by atoms with Crippen LogP contribution in [0.5, 0.6) is 5.75 Å². The summed E-state index contributed by atoms with van der Waals surface area (Å²) >= 11 is 2.20. The summed E-state index contributed by atoms with van der Waals surface area (Å²) in [6.07, 6.45) is 0. The number of halogens is 1. The van der Waals surface area contributed by atoms with E-state index in [1.165, 1.54) is 0 Å². The molecule has 0 saturated carbocycles. The van der Waals surface area contributed by atoms with E-state index in [0.717, 1.165) is 9.32 Å². The van der Waals surface area contributed by atoms with E-state index in [0.29, 0.717) is 6.61 Å². The molecule has 0 bridgehead atoms. The summed E-state index contributed by atoms with van der Waals surface area (Å²) in [6, 6.07) is 8.80. The molecule has 0 atom stereocenters. The third-order valence-electron chi connectivity index (χ3n) is 1.07. The highest BCUT2D eigenvalue weighted by molar-refractivity contribution is 14.1. The van der Waals surface area contributed by atoms with Crippen molar-refractivity contribution in [3.05, 3.63) is 27.8 Å². The van der Waals surface area contributed by atoms with Gasteiger partial charge in [-0.05, 0) is 41.6 Å². The third kappa shape index (κ3) is 1.87. The van der Waals surface area contributed by atoms with Crippen LogP contribution in [0, 0.1) is 9.64 Å². The van der Waals surface area contributed by atoms with Gasteiger partial charge >= 0.3 is 0 Å². The van der Waals surface area contributed by atoms with Gasteiger partial charge in [-0.25, -0.2) is 0 Å². The van der Waals surface area contributed by atoms with E-state index in [9.17, 15) is 0 Å². The average molecular weight is 247 g/mol. The molecule has 0 N–H and O–H groups in total. The quantitative estimate of drug-likeness (QED) is 0.729. The molecule has 0 aliphatic heterocycles. The van der Waals surface area contributed by atoms with E-state index < -0.39 is 0 Å². The highest BCUT2D eigenvalue weighted by atomic mass is 127. The van der Waals surface area contributed by atoms with Crippen LogP contribution in [0.2, 0.25) is 0 Å². The van der Waals surface area contributed by atoms with Gasteiger partial charge in [-0.3, -0.25) is 0 Å². The van der Waals surface area contributed by atoms with Gasteiger partial charge in [0.1, 0.15) is 5.75 Å². The lowest BCUT2D eigenvalue weighted by Crippen LogP contribution is -1.92. The standard InChI is InChI=1S/C8H8IO/c1-2-10-8-6-4-3-5-7(8)9/h3-4,6H,2H2,1H3. The number of ether oxygens (including phenoxy) is 1. The fourth-order valence-corrected chi connectivity index (χ4v) is 1.18. The predicted octanol–water partition coefficient (Wildman–Crippen LogP) is 2.49. The number of hydrogen-bond acceptors (Lipinski definition) is 1. The molecule has 0 aromatic heterocycles. The van der Waals surface area contributed by atoms with Crippen molar-refractivity contribution >= 4 is 22.6 Å². The summed E-state index contributed by atoms with van der Waals surface area (Å²) in [5.41, 5.74) is 0. The molecule has 53 valence electrons. The van der Waals surface area contributed by atoms with Gasteiger partial charge in [0.2, 0.25) is 0 Å². The summed E-state index contributed by atoms with van der Waals surface area (Å²) in [5.74, 6) is 0.922. The van der Waals surface area contributed by atoms with Crippen molar-refractivity contribution in [3.8, 4) is 5.75 Å². The van der Waals surface area contributed by atoms with E-state index in [-0.39, 0.29) is 0 Å². The summed E-state index contributed by atoms with van der Waals surface area (Å²) in [5, 5.41) is 0. The van der Waals surface area contributed by atoms with E-state index in [1.54, 1.807) is 0 Å². The predicted molar refractivity (Wildman–Crippen MR) is 49.2 cm³/mol. The molecular weight excluding hydrogens is 239 g/mol. The first-order valence-electron chi connectivity index (χ1n) is 3.13. The smallest absolute Gasteiger partial charge is 0.133 e. The second-order valence-corrected chi connectivity index (χ2v) is 2.86. The normalized spacial score (nSPS) is 9.40. The lowest BCUT2D eigenvalue weighted by Gasteiger charge is -2.02. The topological polar surface area (TPSA) is 9.23 Å². The van der Waals surface area contributed by atoms with E-state index in [2.05, 4.69) is 28.7 Å². The Morgan fingerprint density at radius 2 is 2.50 bits per heavy atom. The zero-order valence-corrected chi connectivity index (χ0v) is 7.88. The van der Waals surface area contributed by atoms with Gasteiger partial charge in [-0.15, -0.1) is 0 Å². The van der Waals surface area contributed by atoms with Crippen LogP contribution >= 0.6 is 22.6 Å². The first-order valence-corrected chi connectivity index (χ1v) is 4.21. The molecule has 1 radical (unpaired) electrons. The van der Waals surface area contributed by atoms with Crippen LogP contribution in [0.25, 0.3) is 0 Å². The number of hydrogen-bond donors (Lipinski definition) is 0. The molecule has 1 aromatic carbocycles. The van der Waals surface area contributed by atoms with E-state index in [1.807, 2.05) is 25.1 Å². The maximum absolute atomic E-state index is 5.30. The molecule has 0 unspecified atom stereocenters. The van der Waals surface area contributed by atoms with Crippen molar-refractivity contribution in [1.29, 1.82) is 0 Å². The molecule has 1 rings (SSSR count). The molecule has 0 saturated heterocycles. The lowest BCUT2D eigenvalue weighted by atomic mass is 10.3. The number of rotatable bonds is 2. The summed E-state index contributed by atoms with van der Waals surface area (Å²) < 4.78 is 6.34. The Bertz CT molecular complexity index is 210. The molecule has 0 spiro atoms. The zero-order valence-electron chi connectivity index (χ0n) is 5.73. The molecule has 0 amide bonds. The molecule has 0 aliphatic carbocycles. The summed E-state index contributed by atoms with van der Waals surface area (Å²) in [7, 11) is 0. The zero-order chi connectivity index (χ0) is 7.40. The van der Waals surface area contributed by atoms with Crippen LogP contribution in [0.3, 0.4) is 0 Å². The molecule has 0 heterocycles. The van der Waals surface area contributed by atoms with Gasteiger partial charge in [-0.2, -0.15) is 0 Å². The van der Waals surface area contributed by atoms with Crippen LogP contribution in [-0.2, 0) is 0 Å². The lowest BCUT2D eigenvalue weighted by molar-refractivity contribution is 0.338.